The van der Waals surface area contributed by atoms with Crippen LogP contribution in [0.4, 0.5) is 10.1 Å². The summed E-state index contributed by atoms with van der Waals surface area (Å²) in [7, 11) is 0. The lowest BCUT2D eigenvalue weighted by Crippen LogP contribution is -2.12. The molecule has 36 heavy (non-hydrogen) atoms. The van der Waals surface area contributed by atoms with E-state index in [0.717, 1.165) is 11.3 Å². The molecule has 0 aliphatic heterocycles. The van der Waals surface area contributed by atoms with Crippen molar-refractivity contribution >= 4 is 29.2 Å². The van der Waals surface area contributed by atoms with Crippen molar-refractivity contribution in [3.05, 3.63) is 94.9 Å². The second-order valence-corrected chi connectivity index (χ2v) is 9.13. The molecule has 0 saturated carbocycles. The fourth-order valence-electron chi connectivity index (χ4n) is 3.82. The van der Waals surface area contributed by atoms with Crippen LogP contribution in [-0.2, 0) is 11.2 Å². The molecule has 0 atom stereocenters. The molecule has 4 aromatic rings. The van der Waals surface area contributed by atoms with Crippen LogP contribution in [0.5, 0.6) is 5.88 Å². The SMILES string of the molecule is CC(=O)Oc1c(-c2ccc(NC(=O)c3ccccc3Cl)cc2)c(CC(C)C)nn1-c1ccc(F)cc1. The molecule has 3 aromatic carbocycles. The minimum atomic E-state index is -0.501. The fourth-order valence-corrected chi connectivity index (χ4v) is 4.04. The summed E-state index contributed by atoms with van der Waals surface area (Å²) in [6.45, 7) is 5.46. The lowest BCUT2D eigenvalue weighted by Gasteiger charge is -2.11. The third-order valence-electron chi connectivity index (χ3n) is 5.38. The van der Waals surface area contributed by atoms with Crippen LogP contribution in [0, 0.1) is 11.7 Å². The summed E-state index contributed by atoms with van der Waals surface area (Å²) < 4.78 is 20.7. The highest BCUT2D eigenvalue weighted by Crippen LogP contribution is 2.37. The van der Waals surface area contributed by atoms with E-state index < -0.39 is 5.97 Å². The van der Waals surface area contributed by atoms with Gasteiger partial charge in [0.1, 0.15) is 5.82 Å². The largest absolute Gasteiger partial charge is 0.407 e. The van der Waals surface area contributed by atoms with Crippen LogP contribution in [0.2, 0.25) is 5.02 Å². The van der Waals surface area contributed by atoms with Crippen molar-refractivity contribution in [1.82, 2.24) is 9.78 Å². The molecule has 4 rings (SSSR count). The molecule has 0 spiro atoms. The smallest absolute Gasteiger partial charge is 0.309 e. The van der Waals surface area contributed by atoms with E-state index in [-0.39, 0.29) is 23.5 Å². The van der Waals surface area contributed by atoms with Gasteiger partial charge in [0.25, 0.3) is 5.91 Å². The Morgan fingerprint density at radius 3 is 2.31 bits per heavy atom. The Hall–Kier alpha value is -3.97. The molecule has 6 nitrogen and oxygen atoms in total. The number of aromatic nitrogens is 2. The number of anilines is 1. The first-order chi connectivity index (χ1) is 17.2. The van der Waals surface area contributed by atoms with Crippen LogP contribution >= 0.6 is 11.6 Å². The Morgan fingerprint density at radius 2 is 1.69 bits per heavy atom. The summed E-state index contributed by atoms with van der Waals surface area (Å²) in [6, 6.07) is 19.8. The minimum absolute atomic E-state index is 0.248. The Kier molecular flexibility index (Phi) is 7.50. The first-order valence-corrected chi connectivity index (χ1v) is 11.8. The predicted octanol–water partition coefficient (Wildman–Crippen LogP) is 6.71. The standard InChI is InChI=1S/C28H25ClFN3O3/c1-17(2)16-25-26(28(36-18(3)34)33(32-25)22-14-10-20(30)11-15-22)19-8-12-21(13-9-19)31-27(35)23-6-4-5-7-24(23)29/h4-15,17H,16H2,1-3H3,(H,31,35). The van der Waals surface area contributed by atoms with Crippen molar-refractivity contribution in [2.24, 2.45) is 5.92 Å². The van der Waals surface area contributed by atoms with Gasteiger partial charge in [-0.2, -0.15) is 9.78 Å². The van der Waals surface area contributed by atoms with Gasteiger partial charge in [-0.25, -0.2) is 4.39 Å². The lowest BCUT2D eigenvalue weighted by atomic mass is 9.99. The van der Waals surface area contributed by atoms with E-state index in [1.54, 1.807) is 48.5 Å². The van der Waals surface area contributed by atoms with Gasteiger partial charge in [-0.3, -0.25) is 9.59 Å². The zero-order valence-electron chi connectivity index (χ0n) is 20.1. The lowest BCUT2D eigenvalue weighted by molar-refractivity contribution is -0.132. The van der Waals surface area contributed by atoms with Crippen molar-refractivity contribution in [2.75, 3.05) is 5.32 Å². The normalized spacial score (nSPS) is 10.9. The highest BCUT2D eigenvalue weighted by atomic mass is 35.5. The van der Waals surface area contributed by atoms with E-state index in [1.165, 1.54) is 23.7 Å². The van der Waals surface area contributed by atoms with Gasteiger partial charge in [-0.1, -0.05) is 49.7 Å². The van der Waals surface area contributed by atoms with Gasteiger partial charge in [-0.15, -0.1) is 0 Å². The molecule has 0 fully saturated rings. The Bertz CT molecular complexity index is 1400. The number of hydrogen-bond donors (Lipinski definition) is 1. The van der Waals surface area contributed by atoms with Crippen molar-refractivity contribution in [1.29, 1.82) is 0 Å². The van der Waals surface area contributed by atoms with Gasteiger partial charge in [-0.05, 0) is 66.4 Å². The van der Waals surface area contributed by atoms with E-state index in [2.05, 4.69) is 19.2 Å². The van der Waals surface area contributed by atoms with E-state index in [4.69, 9.17) is 21.4 Å². The summed E-state index contributed by atoms with van der Waals surface area (Å²) >= 11 is 6.14. The van der Waals surface area contributed by atoms with Crippen LogP contribution in [0.15, 0.2) is 72.8 Å². The van der Waals surface area contributed by atoms with E-state index in [1.807, 2.05) is 12.1 Å². The van der Waals surface area contributed by atoms with Gasteiger partial charge in [0.15, 0.2) is 0 Å². The number of esters is 1. The maximum absolute atomic E-state index is 13.5. The maximum Gasteiger partial charge on any atom is 0.309 e. The number of halogens is 2. The molecule has 1 amide bonds. The van der Waals surface area contributed by atoms with Gasteiger partial charge in [0.05, 0.1) is 27.5 Å². The Morgan fingerprint density at radius 1 is 1.03 bits per heavy atom. The van der Waals surface area contributed by atoms with E-state index in [9.17, 15) is 14.0 Å². The van der Waals surface area contributed by atoms with Gasteiger partial charge in [0.2, 0.25) is 5.88 Å². The van der Waals surface area contributed by atoms with Gasteiger partial charge < -0.3 is 10.1 Å². The fraction of sp³-hybridized carbons (Fsp3) is 0.179. The highest BCUT2D eigenvalue weighted by Gasteiger charge is 2.24. The number of nitrogens with zero attached hydrogens (tertiary/aromatic N) is 2. The maximum atomic E-state index is 13.5. The monoisotopic (exact) mass is 505 g/mol. The molecule has 0 saturated heterocycles. The second kappa shape index (κ2) is 10.7. The molecule has 8 heteroatoms. The van der Waals surface area contributed by atoms with Crippen LogP contribution < -0.4 is 10.1 Å². The van der Waals surface area contributed by atoms with Gasteiger partial charge >= 0.3 is 5.97 Å². The predicted molar refractivity (Wildman–Crippen MR) is 138 cm³/mol. The highest BCUT2D eigenvalue weighted by molar-refractivity contribution is 6.34. The molecule has 0 unspecified atom stereocenters. The average Bonchev–Trinajstić information content (AvgIpc) is 3.16. The van der Waals surface area contributed by atoms with E-state index in [0.29, 0.717) is 33.9 Å². The number of ether oxygens (including phenoxy) is 1. The third kappa shape index (κ3) is 5.63. The molecule has 0 bridgehead atoms. The van der Waals surface area contributed by atoms with Crippen LogP contribution in [-0.4, -0.2) is 21.7 Å². The molecular formula is C28H25ClFN3O3. The number of amides is 1. The average molecular weight is 506 g/mol. The number of carbonyl (C=O) groups is 2. The Labute approximate surface area is 213 Å². The first-order valence-electron chi connectivity index (χ1n) is 11.5. The second-order valence-electron chi connectivity index (χ2n) is 8.72. The van der Waals surface area contributed by atoms with Crippen LogP contribution in [0.1, 0.15) is 36.8 Å². The molecule has 1 N–H and O–H groups in total. The van der Waals surface area contributed by atoms with Crippen molar-refractivity contribution in [3.8, 4) is 22.7 Å². The summed E-state index contributed by atoms with van der Waals surface area (Å²) in [5.41, 5.74) is 3.67. The zero-order valence-corrected chi connectivity index (χ0v) is 20.8. The van der Waals surface area contributed by atoms with Crippen LogP contribution in [0.25, 0.3) is 16.8 Å². The number of hydrogen-bond acceptors (Lipinski definition) is 4. The number of carbonyl (C=O) groups excluding carboxylic acids is 2. The minimum Gasteiger partial charge on any atom is -0.407 e. The molecular weight excluding hydrogens is 481 g/mol. The first kappa shape index (κ1) is 25.1. The van der Waals surface area contributed by atoms with Gasteiger partial charge in [0, 0.05) is 12.6 Å². The zero-order chi connectivity index (χ0) is 25.8. The molecule has 0 radical (unpaired) electrons. The van der Waals surface area contributed by atoms with Crippen molar-refractivity contribution in [2.45, 2.75) is 27.2 Å². The number of nitrogens with one attached hydrogen (secondary N) is 1. The molecule has 184 valence electrons. The topological polar surface area (TPSA) is 73.2 Å². The number of rotatable bonds is 7. The molecule has 1 aromatic heterocycles. The summed E-state index contributed by atoms with van der Waals surface area (Å²) in [5.74, 6) is -0.674. The summed E-state index contributed by atoms with van der Waals surface area (Å²) in [6.07, 6.45) is 0.628. The molecule has 0 aliphatic carbocycles. The van der Waals surface area contributed by atoms with E-state index >= 15 is 0 Å². The molecule has 0 aliphatic rings. The summed E-state index contributed by atoms with van der Waals surface area (Å²) in [4.78, 5) is 24.7. The quantitative estimate of drug-likeness (QED) is 0.283. The van der Waals surface area contributed by atoms with Crippen molar-refractivity contribution < 1.29 is 18.7 Å². The summed E-state index contributed by atoms with van der Waals surface area (Å²) in [5, 5.41) is 7.94. The Balaban J connectivity index is 1.74. The van der Waals surface area contributed by atoms with Crippen molar-refractivity contribution in [3.63, 3.8) is 0 Å². The van der Waals surface area contributed by atoms with Crippen LogP contribution in [0.3, 0.4) is 0 Å². The molecule has 1 heterocycles. The third-order valence-corrected chi connectivity index (χ3v) is 5.71. The number of benzene rings is 3.